The minimum atomic E-state index is -1.56. The molecule has 32 heavy (non-hydrogen) atoms. The third-order valence-corrected chi connectivity index (χ3v) is 4.74. The predicted molar refractivity (Wildman–Crippen MR) is 115 cm³/mol. The number of phenolic OH excluding ortho intramolecular Hbond substituents is 2. The Morgan fingerprint density at radius 1 is 1.09 bits per heavy atom. The highest BCUT2D eigenvalue weighted by atomic mass is 16.7. The number of allylic oxidation sites excluding steroid dienone is 3. The predicted octanol–water partition coefficient (Wildman–Crippen LogP) is 1.17. The molecule has 1 aliphatic rings. The van der Waals surface area contributed by atoms with Crippen LogP contribution in [0.1, 0.15) is 12.0 Å². The quantitative estimate of drug-likeness (QED) is 0.154. The summed E-state index contributed by atoms with van der Waals surface area (Å²) in [5.74, 6) is -1.39. The number of hydrogen-bond acceptors (Lipinski definition) is 9. The van der Waals surface area contributed by atoms with Gasteiger partial charge in [-0.25, -0.2) is 4.79 Å². The van der Waals surface area contributed by atoms with Crippen LogP contribution in [-0.4, -0.2) is 75.4 Å². The fourth-order valence-electron chi connectivity index (χ4n) is 2.91. The topological polar surface area (TPSA) is 146 Å². The molecule has 0 aliphatic carbocycles. The van der Waals surface area contributed by atoms with Crippen molar-refractivity contribution in [2.24, 2.45) is 0 Å². The standard InChI is InChI=1S/C23H28O9/c1-3-5-14(4-2)10-11-30-23-22(29)21(28)20(27)18(32-23)13-31-19(26)9-7-15-6-8-16(24)17(25)12-15/h3-9,12,18,20-25,27-29H,1-2,10-11,13H2/b9-7+,14-5+. The van der Waals surface area contributed by atoms with Gasteiger partial charge in [0.1, 0.15) is 31.0 Å². The second-order valence-electron chi connectivity index (χ2n) is 7.03. The van der Waals surface area contributed by atoms with Crippen LogP contribution in [0, 0.1) is 0 Å². The molecular formula is C23H28O9. The Hall–Kier alpha value is -2.95. The van der Waals surface area contributed by atoms with Gasteiger partial charge in [0.2, 0.25) is 0 Å². The molecule has 0 amide bonds. The lowest BCUT2D eigenvalue weighted by Gasteiger charge is -2.39. The van der Waals surface area contributed by atoms with Crippen LogP contribution in [0.3, 0.4) is 0 Å². The molecule has 9 heteroatoms. The van der Waals surface area contributed by atoms with E-state index in [1.807, 2.05) is 0 Å². The lowest BCUT2D eigenvalue weighted by Crippen LogP contribution is -2.59. The van der Waals surface area contributed by atoms with E-state index in [0.717, 1.165) is 11.6 Å². The Balaban J connectivity index is 1.90. The lowest BCUT2D eigenvalue weighted by molar-refractivity contribution is -0.301. The number of aromatic hydroxyl groups is 2. The van der Waals surface area contributed by atoms with Gasteiger partial charge < -0.3 is 39.7 Å². The zero-order chi connectivity index (χ0) is 23.7. The van der Waals surface area contributed by atoms with Gasteiger partial charge in [0.05, 0.1) is 6.61 Å². The van der Waals surface area contributed by atoms with Crippen molar-refractivity contribution in [3.63, 3.8) is 0 Å². The van der Waals surface area contributed by atoms with Crippen LogP contribution in [0.5, 0.6) is 11.5 Å². The van der Waals surface area contributed by atoms with Crippen LogP contribution in [-0.2, 0) is 19.0 Å². The van der Waals surface area contributed by atoms with Crippen LogP contribution in [0.2, 0.25) is 0 Å². The molecule has 174 valence electrons. The summed E-state index contributed by atoms with van der Waals surface area (Å²) in [7, 11) is 0. The Morgan fingerprint density at radius 3 is 2.50 bits per heavy atom. The molecule has 0 spiro atoms. The van der Waals surface area contributed by atoms with Crippen molar-refractivity contribution < 1.29 is 44.5 Å². The minimum absolute atomic E-state index is 0.144. The monoisotopic (exact) mass is 448 g/mol. The maximum atomic E-state index is 12.0. The molecule has 5 unspecified atom stereocenters. The second kappa shape index (κ2) is 12.2. The second-order valence-corrected chi connectivity index (χ2v) is 7.03. The first-order valence-electron chi connectivity index (χ1n) is 9.89. The summed E-state index contributed by atoms with van der Waals surface area (Å²) in [6.07, 6.45) is 0.981. The van der Waals surface area contributed by atoms with Crippen LogP contribution in [0.15, 0.2) is 61.2 Å². The first kappa shape index (κ1) is 25.3. The molecule has 5 N–H and O–H groups in total. The van der Waals surface area contributed by atoms with E-state index >= 15 is 0 Å². The number of carbonyl (C=O) groups is 1. The number of benzene rings is 1. The number of rotatable bonds is 10. The fourth-order valence-corrected chi connectivity index (χ4v) is 2.91. The summed E-state index contributed by atoms with van der Waals surface area (Å²) in [5.41, 5.74) is 1.30. The number of aliphatic hydroxyl groups excluding tert-OH is 3. The average Bonchev–Trinajstić information content (AvgIpc) is 2.78. The highest BCUT2D eigenvalue weighted by molar-refractivity contribution is 5.87. The van der Waals surface area contributed by atoms with Crippen LogP contribution < -0.4 is 0 Å². The van der Waals surface area contributed by atoms with E-state index in [0.29, 0.717) is 12.0 Å². The van der Waals surface area contributed by atoms with E-state index in [1.165, 1.54) is 24.3 Å². The number of carbonyl (C=O) groups excluding carboxylic acids is 1. The number of phenols is 2. The van der Waals surface area contributed by atoms with E-state index in [-0.39, 0.29) is 18.1 Å². The van der Waals surface area contributed by atoms with Crippen LogP contribution >= 0.6 is 0 Å². The summed E-state index contributed by atoms with van der Waals surface area (Å²) >= 11 is 0. The molecule has 0 aromatic heterocycles. The van der Waals surface area contributed by atoms with Gasteiger partial charge in [-0.15, -0.1) is 0 Å². The smallest absolute Gasteiger partial charge is 0.330 e. The number of hydrogen-bond donors (Lipinski definition) is 5. The van der Waals surface area contributed by atoms with E-state index < -0.39 is 43.3 Å². The molecule has 1 aliphatic heterocycles. The van der Waals surface area contributed by atoms with Crippen molar-refractivity contribution in [1.82, 2.24) is 0 Å². The maximum Gasteiger partial charge on any atom is 0.330 e. The third kappa shape index (κ3) is 7.04. The average molecular weight is 448 g/mol. The first-order chi connectivity index (χ1) is 15.3. The summed E-state index contributed by atoms with van der Waals surface area (Å²) in [5, 5.41) is 49.1. The molecule has 1 saturated heterocycles. The first-order valence-corrected chi connectivity index (χ1v) is 9.89. The number of esters is 1. The normalized spacial score (nSPS) is 26.1. The van der Waals surface area contributed by atoms with E-state index in [2.05, 4.69) is 13.2 Å². The molecule has 1 aromatic rings. The van der Waals surface area contributed by atoms with Gasteiger partial charge in [-0.2, -0.15) is 0 Å². The largest absolute Gasteiger partial charge is 0.504 e. The SMILES string of the molecule is C=C/C=C(\C=C)CCOC1OC(COC(=O)/C=C/c2ccc(O)c(O)c2)C(O)C(O)C1O. The summed E-state index contributed by atoms with van der Waals surface area (Å²) in [6, 6.07) is 4.01. The maximum absolute atomic E-state index is 12.0. The Labute approximate surface area is 185 Å². The summed E-state index contributed by atoms with van der Waals surface area (Å²) in [6.45, 7) is 7.02. The molecular weight excluding hydrogens is 420 g/mol. The Kier molecular flexibility index (Phi) is 9.63. The number of ether oxygens (including phenoxy) is 3. The van der Waals surface area contributed by atoms with Gasteiger partial charge in [0.25, 0.3) is 0 Å². The van der Waals surface area contributed by atoms with Crippen molar-refractivity contribution in [2.45, 2.75) is 37.1 Å². The minimum Gasteiger partial charge on any atom is -0.504 e. The summed E-state index contributed by atoms with van der Waals surface area (Å²) < 4.78 is 16.0. The zero-order valence-corrected chi connectivity index (χ0v) is 17.4. The highest BCUT2D eigenvalue weighted by Crippen LogP contribution is 2.25. The third-order valence-electron chi connectivity index (χ3n) is 4.74. The molecule has 0 radical (unpaired) electrons. The Bertz CT molecular complexity index is 861. The summed E-state index contributed by atoms with van der Waals surface area (Å²) in [4.78, 5) is 12.0. The lowest BCUT2D eigenvalue weighted by atomic mass is 9.99. The van der Waals surface area contributed by atoms with E-state index in [4.69, 9.17) is 14.2 Å². The molecule has 5 atom stereocenters. The van der Waals surface area contributed by atoms with Crippen molar-refractivity contribution in [3.8, 4) is 11.5 Å². The molecule has 2 rings (SSSR count). The highest BCUT2D eigenvalue weighted by Gasteiger charge is 2.44. The van der Waals surface area contributed by atoms with E-state index in [1.54, 1.807) is 18.2 Å². The van der Waals surface area contributed by atoms with Gasteiger partial charge in [-0.1, -0.05) is 37.5 Å². The van der Waals surface area contributed by atoms with Gasteiger partial charge in [0.15, 0.2) is 17.8 Å². The molecule has 0 bridgehead atoms. The van der Waals surface area contributed by atoms with Gasteiger partial charge in [-0.05, 0) is 35.8 Å². The van der Waals surface area contributed by atoms with Crippen LogP contribution in [0.25, 0.3) is 6.08 Å². The van der Waals surface area contributed by atoms with Crippen LogP contribution in [0.4, 0.5) is 0 Å². The molecule has 1 aromatic carbocycles. The van der Waals surface area contributed by atoms with Gasteiger partial charge >= 0.3 is 5.97 Å². The Morgan fingerprint density at radius 2 is 1.84 bits per heavy atom. The zero-order valence-electron chi connectivity index (χ0n) is 17.4. The van der Waals surface area contributed by atoms with Crippen molar-refractivity contribution in [1.29, 1.82) is 0 Å². The fraction of sp³-hybridized carbons (Fsp3) is 0.348. The number of aliphatic hydroxyl groups is 3. The van der Waals surface area contributed by atoms with Crippen molar-refractivity contribution in [3.05, 3.63) is 66.8 Å². The van der Waals surface area contributed by atoms with Crippen molar-refractivity contribution >= 4 is 12.0 Å². The van der Waals surface area contributed by atoms with E-state index in [9.17, 15) is 30.3 Å². The van der Waals surface area contributed by atoms with Crippen molar-refractivity contribution in [2.75, 3.05) is 13.2 Å². The molecule has 1 heterocycles. The molecule has 9 nitrogen and oxygen atoms in total. The molecule has 0 saturated carbocycles. The van der Waals surface area contributed by atoms with Gasteiger partial charge in [-0.3, -0.25) is 0 Å². The van der Waals surface area contributed by atoms with Gasteiger partial charge in [0, 0.05) is 6.08 Å². The molecule has 1 fully saturated rings.